The van der Waals surface area contributed by atoms with Crippen molar-refractivity contribution >= 4 is 34.0 Å². The second-order valence-corrected chi connectivity index (χ2v) is 11.7. The van der Waals surface area contributed by atoms with Gasteiger partial charge in [0.25, 0.3) is 5.56 Å². The molecule has 0 bridgehead atoms. The molecular weight excluding hydrogens is 538 g/mol. The molecule has 1 atom stereocenters. The van der Waals surface area contributed by atoms with Crippen LogP contribution in [0.4, 0.5) is 0 Å². The maximum Gasteiger partial charge on any atom is 0.271 e. The third kappa shape index (κ3) is 3.83. The zero-order chi connectivity index (χ0) is 28.2. The van der Waals surface area contributed by atoms with Crippen LogP contribution in [-0.4, -0.2) is 16.7 Å². The van der Waals surface area contributed by atoms with E-state index in [1.165, 1.54) is 16.9 Å². The Balaban J connectivity index is 1.42. The summed E-state index contributed by atoms with van der Waals surface area (Å²) in [5.41, 5.74) is 9.65. The number of rotatable bonds is 4. The summed E-state index contributed by atoms with van der Waals surface area (Å²) in [7, 11) is 1.69. The van der Waals surface area contributed by atoms with Gasteiger partial charge in [0, 0.05) is 27.6 Å². The van der Waals surface area contributed by atoms with Crippen LogP contribution in [0.15, 0.2) is 118 Å². The number of aryl methyl sites for hydroxylation is 1. The normalized spacial score (nSPS) is 16.1. The van der Waals surface area contributed by atoms with Crippen LogP contribution in [0.1, 0.15) is 34.7 Å². The first-order chi connectivity index (χ1) is 20.7. The summed E-state index contributed by atoms with van der Waals surface area (Å²) in [5, 5.41) is 1.08. The molecule has 0 radical (unpaired) electrons. The van der Waals surface area contributed by atoms with Crippen LogP contribution in [-0.2, 0) is 6.42 Å². The minimum Gasteiger partial charge on any atom is -0.496 e. The van der Waals surface area contributed by atoms with E-state index >= 15 is 0 Å². The van der Waals surface area contributed by atoms with Gasteiger partial charge in [-0.15, -0.1) is 0 Å². The van der Waals surface area contributed by atoms with Crippen molar-refractivity contribution in [2.24, 2.45) is 4.99 Å². The Labute approximate surface area is 246 Å². The van der Waals surface area contributed by atoms with E-state index in [4.69, 9.17) is 9.73 Å². The molecule has 0 saturated heterocycles. The van der Waals surface area contributed by atoms with Crippen molar-refractivity contribution in [1.82, 2.24) is 9.55 Å². The molecule has 204 valence electrons. The summed E-state index contributed by atoms with van der Waals surface area (Å²) in [5.74, 6) is 0.771. The van der Waals surface area contributed by atoms with Crippen LogP contribution >= 0.6 is 11.3 Å². The van der Waals surface area contributed by atoms with E-state index in [-0.39, 0.29) is 11.6 Å². The van der Waals surface area contributed by atoms with Gasteiger partial charge in [-0.1, -0.05) is 102 Å². The Morgan fingerprint density at radius 3 is 2.55 bits per heavy atom. The molecule has 8 rings (SSSR count). The fourth-order valence-electron chi connectivity index (χ4n) is 6.47. The quantitative estimate of drug-likeness (QED) is 0.266. The lowest BCUT2D eigenvalue weighted by Gasteiger charge is -2.31. The van der Waals surface area contributed by atoms with E-state index in [1.54, 1.807) is 7.11 Å². The summed E-state index contributed by atoms with van der Waals surface area (Å²) in [6.07, 6.45) is 3.79. The number of fused-ring (bicyclic) bond motifs is 4. The van der Waals surface area contributed by atoms with Gasteiger partial charge in [0.2, 0.25) is 0 Å². The Hall–Kier alpha value is -4.94. The number of aromatic amines is 1. The molecule has 0 unspecified atom stereocenters. The molecular formula is C36H27N3O2S. The highest BCUT2D eigenvalue weighted by molar-refractivity contribution is 7.07. The average Bonchev–Trinajstić information content (AvgIpc) is 3.57. The molecule has 0 spiro atoms. The standard InChI is InChI=1S/C36H27N3O2S/c1-41-30-18-10-8-16-26(30)34-27-20-19-22-11-5-6-14-24(22)33(27)38-36-39(34)35(40)31(42-36)21-28-25-15-7-9-17-29(25)37-32(28)23-12-3-2-4-13-23/h2-18,21,34,37H,19-20H2,1H3/b31-21+/t34-/m1/s1. The number of allylic oxidation sites excluding steroid dienone is 1. The zero-order valence-corrected chi connectivity index (χ0v) is 23.8. The first-order valence-electron chi connectivity index (χ1n) is 14.1. The fourth-order valence-corrected chi connectivity index (χ4v) is 7.45. The number of ether oxygens (including phenoxy) is 1. The third-order valence-electron chi connectivity index (χ3n) is 8.39. The molecule has 1 N–H and O–H groups in total. The number of benzene rings is 4. The van der Waals surface area contributed by atoms with Gasteiger partial charge >= 0.3 is 0 Å². The molecule has 1 aliphatic heterocycles. The summed E-state index contributed by atoms with van der Waals surface area (Å²) < 4.78 is 8.37. The van der Waals surface area contributed by atoms with E-state index in [0.717, 1.165) is 68.7 Å². The Kier molecular flexibility index (Phi) is 5.83. The number of aromatic nitrogens is 2. The van der Waals surface area contributed by atoms with Gasteiger partial charge in [0.05, 0.1) is 29.1 Å². The molecule has 42 heavy (non-hydrogen) atoms. The van der Waals surface area contributed by atoms with E-state index in [2.05, 4.69) is 59.6 Å². The monoisotopic (exact) mass is 565 g/mol. The van der Waals surface area contributed by atoms with E-state index in [1.807, 2.05) is 59.2 Å². The van der Waals surface area contributed by atoms with E-state index < -0.39 is 0 Å². The summed E-state index contributed by atoms with van der Waals surface area (Å²) >= 11 is 1.45. The van der Waals surface area contributed by atoms with Crippen LogP contribution in [0.2, 0.25) is 0 Å². The van der Waals surface area contributed by atoms with Crippen molar-refractivity contribution in [2.75, 3.05) is 7.11 Å². The predicted molar refractivity (Wildman–Crippen MR) is 169 cm³/mol. The molecule has 2 aromatic heterocycles. The molecule has 0 saturated carbocycles. The Morgan fingerprint density at radius 1 is 0.905 bits per heavy atom. The van der Waals surface area contributed by atoms with Crippen molar-refractivity contribution in [2.45, 2.75) is 18.9 Å². The van der Waals surface area contributed by atoms with Crippen molar-refractivity contribution < 1.29 is 4.74 Å². The van der Waals surface area contributed by atoms with E-state index in [9.17, 15) is 4.79 Å². The van der Waals surface area contributed by atoms with Crippen LogP contribution in [0.25, 0.3) is 33.9 Å². The number of hydrogen-bond donors (Lipinski definition) is 1. The van der Waals surface area contributed by atoms with Gasteiger partial charge in [-0.05, 0) is 47.8 Å². The van der Waals surface area contributed by atoms with Gasteiger partial charge in [0.15, 0.2) is 4.80 Å². The Morgan fingerprint density at radius 2 is 1.67 bits per heavy atom. The van der Waals surface area contributed by atoms with Gasteiger partial charge in [-0.2, -0.15) is 0 Å². The number of para-hydroxylation sites is 2. The molecule has 6 heteroatoms. The van der Waals surface area contributed by atoms with Gasteiger partial charge in [-0.25, -0.2) is 4.99 Å². The van der Waals surface area contributed by atoms with Crippen LogP contribution in [0.3, 0.4) is 0 Å². The maximum absolute atomic E-state index is 14.4. The lowest BCUT2D eigenvalue weighted by atomic mass is 9.83. The number of nitrogens with one attached hydrogen (secondary N) is 1. The molecule has 2 aliphatic rings. The Bertz CT molecular complexity index is 2220. The number of H-pyrrole nitrogens is 1. The number of hydrogen-bond acceptors (Lipinski definition) is 4. The van der Waals surface area contributed by atoms with Crippen LogP contribution in [0, 0.1) is 0 Å². The topological polar surface area (TPSA) is 59.4 Å². The summed E-state index contributed by atoms with van der Waals surface area (Å²) in [6, 6.07) is 34.8. The van der Waals surface area contributed by atoms with Gasteiger partial charge in [-0.3, -0.25) is 9.36 Å². The molecule has 0 amide bonds. The minimum absolute atomic E-state index is 0.0376. The van der Waals surface area contributed by atoms with E-state index in [0.29, 0.717) is 9.33 Å². The highest BCUT2D eigenvalue weighted by Gasteiger charge is 2.34. The van der Waals surface area contributed by atoms with Crippen LogP contribution < -0.4 is 19.6 Å². The highest BCUT2D eigenvalue weighted by Crippen LogP contribution is 2.43. The highest BCUT2D eigenvalue weighted by atomic mass is 32.1. The fraction of sp³-hybridized carbons (Fsp3) is 0.111. The second kappa shape index (κ2) is 9.86. The van der Waals surface area contributed by atoms with Gasteiger partial charge < -0.3 is 9.72 Å². The molecule has 1 aliphatic carbocycles. The second-order valence-electron chi connectivity index (χ2n) is 10.7. The maximum atomic E-state index is 14.4. The molecule has 0 fully saturated rings. The molecule has 3 heterocycles. The number of thiazole rings is 1. The van der Waals surface area contributed by atoms with Crippen molar-refractivity contribution in [3.63, 3.8) is 0 Å². The first kappa shape index (κ1) is 24.8. The lowest BCUT2D eigenvalue weighted by molar-refractivity contribution is 0.402. The summed E-state index contributed by atoms with van der Waals surface area (Å²) in [4.78, 5) is 23.9. The number of methoxy groups -OCH3 is 1. The van der Waals surface area contributed by atoms with Crippen molar-refractivity contribution in [3.05, 3.63) is 151 Å². The predicted octanol–water partition coefficient (Wildman–Crippen LogP) is 6.48. The van der Waals surface area contributed by atoms with Crippen LogP contribution in [0.5, 0.6) is 5.75 Å². The average molecular weight is 566 g/mol. The minimum atomic E-state index is -0.292. The van der Waals surface area contributed by atoms with Crippen molar-refractivity contribution in [3.8, 4) is 17.0 Å². The molecule has 5 nitrogen and oxygen atoms in total. The summed E-state index contributed by atoms with van der Waals surface area (Å²) in [6.45, 7) is 0. The lowest BCUT2D eigenvalue weighted by Crippen LogP contribution is -2.39. The number of nitrogens with zero attached hydrogens (tertiary/aromatic N) is 2. The largest absolute Gasteiger partial charge is 0.496 e. The van der Waals surface area contributed by atoms with Crippen molar-refractivity contribution in [1.29, 1.82) is 0 Å². The molecule has 4 aromatic carbocycles. The third-order valence-corrected chi connectivity index (χ3v) is 9.37. The zero-order valence-electron chi connectivity index (χ0n) is 23.0. The van der Waals surface area contributed by atoms with Gasteiger partial charge in [0.1, 0.15) is 5.75 Å². The first-order valence-corrected chi connectivity index (χ1v) is 14.9. The smallest absolute Gasteiger partial charge is 0.271 e. The molecule has 6 aromatic rings. The SMILES string of the molecule is COc1ccccc1[C@@H]1C2=C(N=c3s/c(=C/c4c(-c5ccccc5)[nH]c5ccccc45)c(=O)n31)c1ccccc1CC2.